The topological polar surface area (TPSA) is 117 Å². The molecule has 9 nitrogen and oxygen atoms in total. The fourth-order valence-electron chi connectivity index (χ4n) is 4.54. The highest BCUT2D eigenvalue weighted by Gasteiger charge is 2.21. The summed E-state index contributed by atoms with van der Waals surface area (Å²) in [7, 11) is 2.09. The zero-order valence-corrected chi connectivity index (χ0v) is 25.8. The molecule has 3 N–H and O–H groups in total. The van der Waals surface area contributed by atoms with Gasteiger partial charge < -0.3 is 25.4 Å². The van der Waals surface area contributed by atoms with Gasteiger partial charge in [-0.3, -0.25) is 4.90 Å². The van der Waals surface area contributed by atoms with Crippen molar-refractivity contribution < 1.29 is 13.6 Å². The predicted octanol–water partition coefficient (Wildman–Crippen LogP) is 5.93. The van der Waals surface area contributed by atoms with Crippen molar-refractivity contribution in [1.29, 1.82) is 5.41 Å². The van der Waals surface area contributed by atoms with Crippen LogP contribution in [0.15, 0.2) is 43.5 Å². The van der Waals surface area contributed by atoms with E-state index in [0.29, 0.717) is 23.0 Å². The van der Waals surface area contributed by atoms with Crippen molar-refractivity contribution in [2.45, 2.75) is 66.0 Å². The van der Waals surface area contributed by atoms with Gasteiger partial charge in [-0.25, -0.2) is 23.7 Å². The molecular weight excluding hydrogens is 538 g/mol. The third-order valence-corrected chi connectivity index (χ3v) is 6.65. The maximum absolute atomic E-state index is 13.3. The molecular formula is C31H48F2N8O. The number of allylic oxidation sites excluding steroid dienone is 1. The Labute approximate surface area is 249 Å². The second kappa shape index (κ2) is 20.3. The van der Waals surface area contributed by atoms with E-state index in [1.807, 2.05) is 25.3 Å². The van der Waals surface area contributed by atoms with Crippen LogP contribution in [0.4, 0.5) is 14.7 Å². The van der Waals surface area contributed by atoms with Gasteiger partial charge in [-0.1, -0.05) is 19.9 Å². The van der Waals surface area contributed by atoms with Crippen LogP contribution in [-0.4, -0.2) is 75.0 Å². The molecule has 2 saturated heterocycles. The second-order valence-electron chi connectivity index (χ2n) is 9.84. The monoisotopic (exact) mass is 586 g/mol. The highest BCUT2D eigenvalue weighted by Crippen LogP contribution is 2.27. The molecule has 0 spiro atoms. The van der Waals surface area contributed by atoms with Gasteiger partial charge in [-0.2, -0.15) is 0 Å². The molecule has 0 radical (unpaired) electrons. The summed E-state index contributed by atoms with van der Waals surface area (Å²) < 4.78 is 28.4. The van der Waals surface area contributed by atoms with Crippen molar-refractivity contribution in [2.75, 3.05) is 39.0 Å². The van der Waals surface area contributed by atoms with Crippen LogP contribution in [0.5, 0.6) is 0 Å². The van der Waals surface area contributed by atoms with Crippen molar-refractivity contribution in [3.63, 3.8) is 0 Å². The minimum atomic E-state index is -0.837. The number of halogens is 2. The molecule has 4 heterocycles. The van der Waals surface area contributed by atoms with E-state index in [2.05, 4.69) is 38.4 Å². The number of anilines is 1. The zero-order valence-electron chi connectivity index (χ0n) is 25.8. The first-order valence-corrected chi connectivity index (χ1v) is 14.5. The molecule has 0 saturated carbocycles. The number of piperidine rings is 2. The fraction of sp³-hybridized carbons (Fsp3) is 0.516. The summed E-state index contributed by atoms with van der Waals surface area (Å²) in [5.41, 5.74) is 7.69. The molecule has 0 aliphatic carbocycles. The number of nitrogen functional groups attached to an aromatic ring is 1. The van der Waals surface area contributed by atoms with Crippen molar-refractivity contribution in [2.24, 2.45) is 5.92 Å². The molecule has 0 unspecified atom stereocenters. The van der Waals surface area contributed by atoms with Gasteiger partial charge in [-0.15, -0.1) is 6.58 Å². The standard InChI is InChI=1S/C13H15F2N3.C11H16N4O.C3H6.C2H5N.C2H6/c1-17-4-2-9(3-5-17)18-8-16-12-6-10(14)11(15)7-13(12)18;12-11-13-5-10(6-14-11)7-15-3-1-9(8-16)2-4-15;1-3-2;1-2-3;1-2/h6-9H,2-5H2,1H3;5-6,8-9H,1-4,7H2,(H2,12,13,14);3H,1H2,2H3;2-3H,1H3;1-2H3. The predicted molar refractivity (Wildman–Crippen MR) is 168 cm³/mol. The molecule has 0 amide bonds. The van der Waals surface area contributed by atoms with Gasteiger partial charge in [0.1, 0.15) is 6.29 Å². The number of nitrogens with one attached hydrogen (secondary N) is 1. The first-order valence-electron chi connectivity index (χ1n) is 14.5. The summed E-state index contributed by atoms with van der Waals surface area (Å²) >= 11 is 0. The van der Waals surface area contributed by atoms with E-state index < -0.39 is 11.6 Å². The Kier molecular flexibility index (Phi) is 17.6. The van der Waals surface area contributed by atoms with E-state index in [9.17, 15) is 13.6 Å². The van der Waals surface area contributed by atoms with Crippen LogP contribution < -0.4 is 5.73 Å². The van der Waals surface area contributed by atoms with Crippen LogP contribution in [0.2, 0.25) is 0 Å². The van der Waals surface area contributed by atoms with Gasteiger partial charge in [0.25, 0.3) is 0 Å². The van der Waals surface area contributed by atoms with Gasteiger partial charge >= 0.3 is 0 Å². The number of carbonyl (C=O) groups excluding carboxylic acids is 1. The first-order chi connectivity index (χ1) is 20.3. The number of likely N-dealkylation sites (tertiary alicyclic amines) is 2. The van der Waals surface area contributed by atoms with Crippen LogP contribution in [0, 0.1) is 23.0 Å². The van der Waals surface area contributed by atoms with E-state index >= 15 is 0 Å². The third kappa shape index (κ3) is 12.1. The Bertz CT molecular complexity index is 1180. The number of fused-ring (bicyclic) bond motifs is 1. The molecule has 0 atom stereocenters. The van der Waals surface area contributed by atoms with Gasteiger partial charge in [0.05, 0.1) is 17.4 Å². The summed E-state index contributed by atoms with van der Waals surface area (Å²) in [4.78, 5) is 27.3. The Morgan fingerprint density at radius 2 is 1.52 bits per heavy atom. The Balaban J connectivity index is 0.000000339. The molecule has 2 aliphatic rings. The Morgan fingerprint density at radius 3 is 2.05 bits per heavy atom. The number of aldehydes is 1. The molecule has 11 heteroatoms. The minimum Gasteiger partial charge on any atom is -0.368 e. The smallest absolute Gasteiger partial charge is 0.219 e. The minimum absolute atomic E-state index is 0.249. The van der Waals surface area contributed by atoms with Crippen LogP contribution in [0.3, 0.4) is 0 Å². The van der Waals surface area contributed by atoms with Gasteiger partial charge in [0.2, 0.25) is 5.95 Å². The number of nitrogens with zero attached hydrogens (tertiary/aromatic N) is 6. The van der Waals surface area contributed by atoms with Crippen molar-refractivity contribution in [3.8, 4) is 0 Å². The van der Waals surface area contributed by atoms with Crippen molar-refractivity contribution in [3.05, 3.63) is 60.7 Å². The Hall–Kier alpha value is -3.57. The summed E-state index contributed by atoms with van der Waals surface area (Å²) in [5.74, 6) is -1.09. The number of benzene rings is 1. The number of aromatic nitrogens is 4. The lowest BCUT2D eigenvalue weighted by Crippen LogP contribution is -2.33. The van der Waals surface area contributed by atoms with Crippen LogP contribution in [-0.2, 0) is 11.3 Å². The number of nitrogens with two attached hydrogens (primary N) is 1. The normalized spacial score (nSPS) is 15.8. The fourth-order valence-corrected chi connectivity index (χ4v) is 4.54. The number of hydrogen-bond acceptors (Lipinski definition) is 8. The number of rotatable bonds is 4. The average Bonchev–Trinajstić information content (AvgIpc) is 3.40. The molecule has 2 aliphatic heterocycles. The summed E-state index contributed by atoms with van der Waals surface area (Å²) in [6, 6.07) is 2.74. The molecule has 0 bridgehead atoms. The van der Waals surface area contributed by atoms with Gasteiger partial charge in [0.15, 0.2) is 11.6 Å². The average molecular weight is 587 g/mol. The summed E-state index contributed by atoms with van der Waals surface area (Å²) in [6.07, 6.45) is 13.2. The molecule has 3 aromatic rings. The molecule has 2 aromatic heterocycles. The zero-order chi connectivity index (χ0) is 31.5. The van der Waals surface area contributed by atoms with Gasteiger partial charge in [-0.05, 0) is 79.0 Å². The lowest BCUT2D eigenvalue weighted by Gasteiger charge is -2.30. The first kappa shape index (κ1) is 36.5. The summed E-state index contributed by atoms with van der Waals surface area (Å²) in [5, 5.41) is 6.08. The number of hydrogen-bond donors (Lipinski definition) is 2. The number of carbonyl (C=O) groups is 1. The van der Waals surface area contributed by atoms with E-state index in [-0.39, 0.29) is 5.92 Å². The van der Waals surface area contributed by atoms with Crippen LogP contribution in [0.1, 0.15) is 65.0 Å². The maximum Gasteiger partial charge on any atom is 0.219 e. The number of imidazole rings is 1. The molecule has 2 fully saturated rings. The van der Waals surface area contributed by atoms with Crippen LogP contribution >= 0.6 is 0 Å². The second-order valence-corrected chi connectivity index (χ2v) is 9.84. The highest BCUT2D eigenvalue weighted by atomic mass is 19.2. The van der Waals surface area contributed by atoms with Crippen molar-refractivity contribution >= 4 is 29.5 Å². The van der Waals surface area contributed by atoms with E-state index in [4.69, 9.17) is 11.1 Å². The SMILES string of the molecule is C=CC.CC.CC=N.CN1CCC(n2cnc3cc(F)c(F)cc32)CC1.Nc1ncc(CN2CCC(C=O)CC2)cn1. The molecule has 1 aromatic carbocycles. The lowest BCUT2D eigenvalue weighted by molar-refractivity contribution is -0.112. The largest absolute Gasteiger partial charge is 0.368 e. The highest BCUT2D eigenvalue weighted by molar-refractivity contribution is 5.75. The van der Waals surface area contributed by atoms with Gasteiger partial charge in [0, 0.05) is 48.6 Å². The molecule has 42 heavy (non-hydrogen) atoms. The maximum atomic E-state index is 13.3. The lowest BCUT2D eigenvalue weighted by atomic mass is 9.98. The van der Waals surface area contributed by atoms with E-state index in [1.165, 1.54) is 12.3 Å². The Morgan fingerprint density at radius 1 is 1.00 bits per heavy atom. The molecule has 5 rings (SSSR count). The van der Waals surface area contributed by atoms with E-state index in [1.54, 1.807) is 31.7 Å². The van der Waals surface area contributed by atoms with Crippen LogP contribution in [0.25, 0.3) is 11.0 Å². The molecule has 232 valence electrons. The third-order valence-electron chi connectivity index (χ3n) is 6.65. The van der Waals surface area contributed by atoms with E-state index in [0.717, 1.165) is 76.3 Å². The van der Waals surface area contributed by atoms with Crippen molar-refractivity contribution in [1.82, 2.24) is 29.3 Å². The summed E-state index contributed by atoms with van der Waals surface area (Å²) in [6.45, 7) is 15.7. The quantitative estimate of drug-likeness (QED) is 0.221.